The monoisotopic (exact) mass is 324 g/mol. The van der Waals surface area contributed by atoms with Gasteiger partial charge in [0.1, 0.15) is 5.82 Å². The predicted molar refractivity (Wildman–Crippen MR) is 87.8 cm³/mol. The summed E-state index contributed by atoms with van der Waals surface area (Å²) in [5.74, 6) is -0.470. The van der Waals surface area contributed by atoms with E-state index in [9.17, 15) is 9.18 Å². The molecule has 0 spiro atoms. The molecular formula is C18H17FN4O. The average Bonchev–Trinajstić information content (AvgIpc) is 3.01. The second-order valence-corrected chi connectivity index (χ2v) is 5.52. The van der Waals surface area contributed by atoms with Gasteiger partial charge in [0.05, 0.1) is 24.1 Å². The molecule has 0 saturated carbocycles. The molecule has 1 aromatic carbocycles. The zero-order valence-electron chi connectivity index (χ0n) is 13.2. The van der Waals surface area contributed by atoms with Gasteiger partial charge in [0.25, 0.3) is 5.91 Å². The molecule has 0 radical (unpaired) electrons. The van der Waals surface area contributed by atoms with Crippen LogP contribution >= 0.6 is 0 Å². The molecule has 0 aliphatic heterocycles. The number of aryl methyl sites for hydroxylation is 1. The molecule has 0 aliphatic rings. The highest BCUT2D eigenvalue weighted by Gasteiger charge is 2.08. The molecule has 122 valence electrons. The van der Waals surface area contributed by atoms with Crippen LogP contribution in [0.15, 0.2) is 55.1 Å². The first-order chi connectivity index (χ1) is 11.6. The predicted octanol–water partition coefficient (Wildman–Crippen LogP) is 2.48. The quantitative estimate of drug-likeness (QED) is 0.784. The topological polar surface area (TPSA) is 59.8 Å². The maximum absolute atomic E-state index is 13.6. The zero-order valence-corrected chi connectivity index (χ0v) is 13.2. The summed E-state index contributed by atoms with van der Waals surface area (Å²) in [6.45, 7) is 0.358. The lowest BCUT2D eigenvalue weighted by Crippen LogP contribution is -2.23. The number of benzene rings is 1. The van der Waals surface area contributed by atoms with Crippen LogP contribution in [-0.2, 0) is 20.0 Å². The minimum atomic E-state index is -0.253. The molecule has 5 nitrogen and oxygen atoms in total. The lowest BCUT2D eigenvalue weighted by molar-refractivity contribution is 0.0950. The minimum Gasteiger partial charge on any atom is -0.346 e. The summed E-state index contributed by atoms with van der Waals surface area (Å²) in [5, 5.41) is 2.79. The molecule has 3 rings (SSSR count). The lowest BCUT2D eigenvalue weighted by Gasteiger charge is -2.05. The lowest BCUT2D eigenvalue weighted by atomic mass is 10.1. The molecule has 1 N–H and O–H groups in total. The Morgan fingerprint density at radius 2 is 2.00 bits per heavy atom. The molecule has 0 fully saturated rings. The van der Waals surface area contributed by atoms with Crippen LogP contribution in [0.1, 0.15) is 27.3 Å². The van der Waals surface area contributed by atoms with Crippen molar-refractivity contribution in [2.24, 2.45) is 7.05 Å². The molecular weight excluding hydrogens is 307 g/mol. The first-order valence-electron chi connectivity index (χ1n) is 7.55. The zero-order chi connectivity index (χ0) is 16.9. The number of halogens is 1. The number of pyridine rings is 1. The Morgan fingerprint density at radius 3 is 2.67 bits per heavy atom. The van der Waals surface area contributed by atoms with Crippen LogP contribution in [0.2, 0.25) is 0 Å². The van der Waals surface area contributed by atoms with Gasteiger partial charge in [-0.3, -0.25) is 9.78 Å². The van der Waals surface area contributed by atoms with Gasteiger partial charge in [-0.1, -0.05) is 18.2 Å². The van der Waals surface area contributed by atoms with Crippen molar-refractivity contribution in [2.45, 2.75) is 13.0 Å². The Kier molecular flexibility index (Phi) is 4.65. The molecule has 24 heavy (non-hydrogen) atoms. The van der Waals surface area contributed by atoms with Crippen molar-refractivity contribution >= 4 is 5.91 Å². The van der Waals surface area contributed by atoms with Crippen molar-refractivity contribution < 1.29 is 9.18 Å². The van der Waals surface area contributed by atoms with Gasteiger partial charge < -0.3 is 9.88 Å². The van der Waals surface area contributed by atoms with E-state index in [2.05, 4.69) is 15.3 Å². The maximum Gasteiger partial charge on any atom is 0.253 e. The van der Waals surface area contributed by atoms with E-state index in [4.69, 9.17) is 0 Å². The highest BCUT2D eigenvalue weighted by atomic mass is 19.1. The first-order valence-corrected chi connectivity index (χ1v) is 7.55. The van der Waals surface area contributed by atoms with E-state index in [-0.39, 0.29) is 11.7 Å². The average molecular weight is 324 g/mol. The molecule has 0 saturated heterocycles. The van der Waals surface area contributed by atoms with Gasteiger partial charge in [-0.05, 0) is 23.8 Å². The fourth-order valence-corrected chi connectivity index (χ4v) is 2.33. The van der Waals surface area contributed by atoms with Crippen LogP contribution in [0.4, 0.5) is 4.39 Å². The van der Waals surface area contributed by atoms with Gasteiger partial charge in [-0.15, -0.1) is 0 Å². The second kappa shape index (κ2) is 7.04. The maximum atomic E-state index is 13.6. The highest BCUT2D eigenvalue weighted by Crippen LogP contribution is 2.12. The van der Waals surface area contributed by atoms with E-state index in [0.29, 0.717) is 29.8 Å². The largest absolute Gasteiger partial charge is 0.346 e. The fraction of sp³-hybridized carbons (Fsp3) is 0.167. The second-order valence-electron chi connectivity index (χ2n) is 5.52. The van der Waals surface area contributed by atoms with Gasteiger partial charge in [-0.2, -0.15) is 0 Å². The number of carbonyl (C=O) groups is 1. The van der Waals surface area contributed by atoms with Gasteiger partial charge in [0, 0.05) is 31.6 Å². The van der Waals surface area contributed by atoms with E-state index in [1.807, 2.05) is 17.8 Å². The van der Waals surface area contributed by atoms with Crippen LogP contribution in [0, 0.1) is 5.82 Å². The fourth-order valence-electron chi connectivity index (χ4n) is 2.33. The Bertz CT molecular complexity index is 842. The summed E-state index contributed by atoms with van der Waals surface area (Å²) in [6, 6.07) is 10.0. The third-order valence-corrected chi connectivity index (χ3v) is 3.60. The van der Waals surface area contributed by atoms with E-state index >= 15 is 0 Å². The third-order valence-electron chi connectivity index (χ3n) is 3.60. The molecule has 3 aromatic rings. The van der Waals surface area contributed by atoms with Gasteiger partial charge in [0.15, 0.2) is 0 Å². The molecule has 0 unspecified atom stereocenters. The summed E-state index contributed by atoms with van der Waals surface area (Å²) in [4.78, 5) is 20.5. The normalized spacial score (nSPS) is 10.6. The number of hydrogen-bond donors (Lipinski definition) is 1. The molecule has 2 aromatic heterocycles. The number of nitrogens with one attached hydrogen (secondary N) is 1. The number of amides is 1. The van der Waals surface area contributed by atoms with E-state index < -0.39 is 0 Å². The number of aromatic nitrogens is 3. The Hall–Kier alpha value is -3.02. The van der Waals surface area contributed by atoms with Crippen LogP contribution in [0.3, 0.4) is 0 Å². The summed E-state index contributed by atoms with van der Waals surface area (Å²) < 4.78 is 15.5. The van der Waals surface area contributed by atoms with Crippen LogP contribution < -0.4 is 5.32 Å². The highest BCUT2D eigenvalue weighted by molar-refractivity contribution is 5.93. The van der Waals surface area contributed by atoms with Crippen molar-refractivity contribution in [1.82, 2.24) is 19.9 Å². The number of carbonyl (C=O) groups excluding carboxylic acids is 1. The molecule has 1 amide bonds. The van der Waals surface area contributed by atoms with Gasteiger partial charge >= 0.3 is 0 Å². The summed E-state index contributed by atoms with van der Waals surface area (Å²) in [5.41, 5.74) is 2.54. The molecule has 0 bridgehead atoms. The number of hydrogen-bond acceptors (Lipinski definition) is 3. The third kappa shape index (κ3) is 3.84. The summed E-state index contributed by atoms with van der Waals surface area (Å²) >= 11 is 0. The van der Waals surface area contributed by atoms with Crippen LogP contribution in [-0.4, -0.2) is 20.4 Å². The Morgan fingerprint density at radius 1 is 1.17 bits per heavy atom. The number of imidazole rings is 1. The van der Waals surface area contributed by atoms with Crippen molar-refractivity contribution in [1.29, 1.82) is 0 Å². The summed E-state index contributed by atoms with van der Waals surface area (Å²) in [6.07, 6.45) is 5.42. The standard InChI is InChI=1S/C18H17FN4O/c1-23-11-16(22-12-23)10-21-18(24)14-6-7-15(20-9-14)8-13-4-2-3-5-17(13)19/h2-7,9,11-12H,8,10H2,1H3,(H,21,24). The van der Waals surface area contributed by atoms with Crippen molar-refractivity contribution in [3.05, 3.63) is 83.5 Å². The molecule has 0 atom stereocenters. The van der Waals surface area contributed by atoms with Crippen molar-refractivity contribution in [3.63, 3.8) is 0 Å². The minimum absolute atomic E-state index is 0.217. The van der Waals surface area contributed by atoms with Gasteiger partial charge in [-0.25, -0.2) is 9.37 Å². The number of rotatable bonds is 5. The SMILES string of the molecule is Cn1cnc(CNC(=O)c2ccc(Cc3ccccc3F)nc2)c1. The van der Waals surface area contributed by atoms with E-state index in [1.54, 1.807) is 36.7 Å². The smallest absolute Gasteiger partial charge is 0.253 e. The van der Waals surface area contributed by atoms with Crippen molar-refractivity contribution in [3.8, 4) is 0 Å². The Balaban J connectivity index is 1.61. The molecule has 2 heterocycles. The first kappa shape index (κ1) is 15.9. The summed E-state index contributed by atoms with van der Waals surface area (Å²) in [7, 11) is 1.87. The van der Waals surface area contributed by atoms with E-state index in [0.717, 1.165) is 5.69 Å². The molecule has 0 aliphatic carbocycles. The van der Waals surface area contributed by atoms with Crippen LogP contribution in [0.5, 0.6) is 0 Å². The Labute approximate surface area is 139 Å². The number of nitrogens with zero attached hydrogens (tertiary/aromatic N) is 3. The van der Waals surface area contributed by atoms with Crippen LogP contribution in [0.25, 0.3) is 0 Å². The molecule has 6 heteroatoms. The van der Waals surface area contributed by atoms with Gasteiger partial charge in [0.2, 0.25) is 0 Å². The van der Waals surface area contributed by atoms with Crippen molar-refractivity contribution in [2.75, 3.05) is 0 Å². The van der Waals surface area contributed by atoms with E-state index in [1.165, 1.54) is 12.3 Å².